The number of allylic oxidation sites excluding steroid dienone is 4. The molecule has 0 saturated carbocycles. The molecule has 1 aromatic carbocycles. The van der Waals surface area contributed by atoms with Crippen LogP contribution in [0.25, 0.3) is 5.69 Å². The summed E-state index contributed by atoms with van der Waals surface area (Å²) < 4.78 is 6.16. The van der Waals surface area contributed by atoms with Gasteiger partial charge in [-0.2, -0.15) is 0 Å². The van der Waals surface area contributed by atoms with E-state index < -0.39 is 5.63 Å². The van der Waals surface area contributed by atoms with E-state index in [4.69, 9.17) is 10.3 Å². The quantitative estimate of drug-likeness (QED) is 0.643. The van der Waals surface area contributed by atoms with Gasteiger partial charge in [-0.3, -0.25) is 9.32 Å². The lowest BCUT2D eigenvalue weighted by Crippen LogP contribution is -2.41. The van der Waals surface area contributed by atoms with Gasteiger partial charge in [-0.15, -0.1) is 11.8 Å². The molecule has 0 bridgehead atoms. The smallest absolute Gasteiger partial charge is 0.402 e. The molecule has 2 aromatic rings. The number of thioether (sulfide) groups is 1. The third kappa shape index (κ3) is 3.45. The maximum Gasteiger partial charge on any atom is 0.438 e. The first-order valence-electron chi connectivity index (χ1n) is 7.15. The molecule has 1 heterocycles. The predicted molar refractivity (Wildman–Crippen MR) is 87.2 cm³/mol. The van der Waals surface area contributed by atoms with Crippen LogP contribution >= 0.6 is 11.8 Å². The van der Waals surface area contributed by atoms with E-state index in [1.165, 1.54) is 16.4 Å². The van der Waals surface area contributed by atoms with Gasteiger partial charge in [-0.1, -0.05) is 24.3 Å². The number of aromatic amines is 1. The third-order valence-corrected chi connectivity index (χ3v) is 4.57. The van der Waals surface area contributed by atoms with Crippen LogP contribution in [-0.2, 0) is 0 Å². The maximum absolute atomic E-state index is 12.4. The molecule has 1 aliphatic carbocycles. The van der Waals surface area contributed by atoms with Crippen LogP contribution in [-0.4, -0.2) is 16.8 Å². The largest absolute Gasteiger partial charge is 0.438 e. The monoisotopic (exact) mass is 330 g/mol. The first-order chi connectivity index (χ1) is 11.1. The van der Waals surface area contributed by atoms with E-state index in [-0.39, 0.29) is 17.2 Å². The molecule has 0 radical (unpaired) electrons. The minimum absolute atomic E-state index is 0.00448. The Hall–Kier alpha value is -2.54. The van der Waals surface area contributed by atoms with Gasteiger partial charge in [0.1, 0.15) is 0 Å². The van der Waals surface area contributed by atoms with E-state index in [2.05, 4.69) is 5.27 Å². The minimum Gasteiger partial charge on any atom is -0.402 e. The van der Waals surface area contributed by atoms with Crippen LogP contribution in [0.1, 0.15) is 23.3 Å². The van der Waals surface area contributed by atoms with Crippen LogP contribution in [0.2, 0.25) is 0 Å². The van der Waals surface area contributed by atoms with Crippen molar-refractivity contribution < 1.29 is 14.0 Å². The molecule has 1 aliphatic rings. The number of ketones is 1. The van der Waals surface area contributed by atoms with E-state index in [0.717, 1.165) is 23.4 Å². The zero-order valence-corrected chi connectivity index (χ0v) is 13.1. The van der Waals surface area contributed by atoms with Gasteiger partial charge < -0.3 is 5.73 Å². The normalized spacial score (nSPS) is 14.3. The summed E-state index contributed by atoms with van der Waals surface area (Å²) in [5.74, 6) is -0.105. The molecular formula is C16H16N3O3S+. The van der Waals surface area contributed by atoms with E-state index in [1.54, 1.807) is 12.1 Å². The first kappa shape index (κ1) is 15.4. The second kappa shape index (κ2) is 6.70. The van der Waals surface area contributed by atoms with Crippen LogP contribution < -0.4 is 16.0 Å². The zero-order valence-electron chi connectivity index (χ0n) is 12.3. The Morgan fingerprint density at radius 2 is 2.04 bits per heavy atom. The molecule has 23 heavy (non-hydrogen) atoms. The molecule has 118 valence electrons. The van der Waals surface area contributed by atoms with Crippen molar-refractivity contribution >= 4 is 17.5 Å². The summed E-state index contributed by atoms with van der Waals surface area (Å²) in [6.07, 6.45) is 5.39. The summed E-state index contributed by atoms with van der Waals surface area (Å²) in [4.78, 5) is 25.4. The third-order valence-electron chi connectivity index (χ3n) is 3.46. The van der Waals surface area contributed by atoms with Crippen molar-refractivity contribution in [1.29, 1.82) is 0 Å². The number of rotatable bonds is 5. The first-order valence-corrected chi connectivity index (χ1v) is 8.14. The molecule has 0 saturated heterocycles. The Morgan fingerprint density at radius 1 is 1.26 bits per heavy atom. The number of aromatic nitrogens is 2. The fourth-order valence-electron chi connectivity index (χ4n) is 2.25. The number of hydrogen-bond acceptors (Lipinski definition) is 5. The van der Waals surface area contributed by atoms with Crippen LogP contribution in [0.15, 0.2) is 62.4 Å². The fraction of sp³-hybridized carbons (Fsp3) is 0.188. The van der Waals surface area contributed by atoms with Gasteiger partial charge in [0, 0.05) is 17.8 Å². The Kier molecular flexibility index (Phi) is 4.47. The highest BCUT2D eigenvalue weighted by atomic mass is 32.2. The van der Waals surface area contributed by atoms with Gasteiger partial charge in [0.2, 0.25) is 11.5 Å². The van der Waals surface area contributed by atoms with E-state index >= 15 is 0 Å². The summed E-state index contributed by atoms with van der Waals surface area (Å²) in [7, 11) is 0. The number of H-pyrrole nitrogens is 1. The molecule has 0 fully saturated rings. The van der Waals surface area contributed by atoms with E-state index in [0.29, 0.717) is 5.69 Å². The lowest BCUT2D eigenvalue weighted by atomic mass is 10.1. The lowest BCUT2D eigenvalue weighted by Gasteiger charge is -2.10. The van der Waals surface area contributed by atoms with Crippen molar-refractivity contribution in [3.63, 3.8) is 0 Å². The Morgan fingerprint density at radius 3 is 2.74 bits per heavy atom. The maximum atomic E-state index is 12.4. The Bertz CT molecular complexity index is 834. The number of nitrogens with one attached hydrogen (secondary N) is 1. The number of benzene rings is 1. The number of nitrogens with two attached hydrogens (primary N) is 1. The second-order valence-corrected chi connectivity index (χ2v) is 6.19. The van der Waals surface area contributed by atoms with Gasteiger partial charge in [0.15, 0.2) is 0 Å². The number of carbonyl (C=O) groups excluding carboxylic acids is 1. The molecule has 3 rings (SSSR count). The molecule has 0 unspecified atom stereocenters. The summed E-state index contributed by atoms with van der Waals surface area (Å²) in [6, 6.07) is 9.06. The minimum atomic E-state index is -0.666. The lowest BCUT2D eigenvalue weighted by molar-refractivity contribution is -0.672. The van der Waals surface area contributed by atoms with Crippen molar-refractivity contribution in [2.24, 2.45) is 5.73 Å². The molecule has 0 aliphatic heterocycles. The number of Topliss-reactive ketones (excluding diaryl/α,β-unsaturated/α-hetero) is 1. The number of nitrogens with zero attached hydrogens (tertiary/aromatic N) is 1. The van der Waals surface area contributed by atoms with Crippen LogP contribution in [0.5, 0.6) is 0 Å². The average molecular weight is 330 g/mol. The topological polar surface area (TPSA) is 93.0 Å². The number of hydrogen-bond donors (Lipinski definition) is 2. The molecule has 7 heteroatoms. The van der Waals surface area contributed by atoms with Gasteiger partial charge >= 0.3 is 11.3 Å². The highest BCUT2D eigenvalue weighted by Gasteiger charge is 2.30. The van der Waals surface area contributed by atoms with Gasteiger partial charge in [0.05, 0.1) is 5.75 Å². The Balaban J connectivity index is 1.78. The summed E-state index contributed by atoms with van der Waals surface area (Å²) in [5, 5.41) is 2.47. The molecule has 6 nitrogen and oxygen atoms in total. The molecule has 0 amide bonds. The summed E-state index contributed by atoms with van der Waals surface area (Å²) in [5.41, 5.74) is 6.55. The standard InChI is InChI=1S/C16H15N3O3S/c17-11-6-8-13(9-7-11)23-10-14(20)15-16(21)22-18-19(15)12-4-2-1-3-5-12/h1-6,8H,7,9-10,17H2/p+1. The molecule has 0 atom stereocenters. The highest BCUT2D eigenvalue weighted by molar-refractivity contribution is 8.03. The van der Waals surface area contributed by atoms with Crippen molar-refractivity contribution in [2.45, 2.75) is 12.8 Å². The predicted octanol–water partition coefficient (Wildman–Crippen LogP) is 1.68. The summed E-state index contributed by atoms with van der Waals surface area (Å²) >= 11 is 1.42. The highest BCUT2D eigenvalue weighted by Crippen LogP contribution is 2.26. The fourth-order valence-corrected chi connectivity index (χ4v) is 3.11. The van der Waals surface area contributed by atoms with E-state index in [9.17, 15) is 9.59 Å². The number of para-hydroxylation sites is 1. The van der Waals surface area contributed by atoms with Gasteiger partial charge in [-0.25, -0.2) is 4.79 Å². The molecule has 0 spiro atoms. The van der Waals surface area contributed by atoms with Crippen LogP contribution in [0, 0.1) is 0 Å². The van der Waals surface area contributed by atoms with Crippen molar-refractivity contribution in [2.75, 3.05) is 5.75 Å². The SMILES string of the molecule is NC1=CC=C(SCC(=O)c2c(=O)o[nH][n+]2-c2ccccc2)CC1. The number of carbonyl (C=O) groups is 1. The van der Waals surface area contributed by atoms with Crippen molar-refractivity contribution in [3.05, 3.63) is 69.2 Å². The van der Waals surface area contributed by atoms with Crippen molar-refractivity contribution in [3.8, 4) is 5.69 Å². The Labute approximate surface area is 136 Å². The van der Waals surface area contributed by atoms with Gasteiger partial charge in [0.25, 0.3) is 0 Å². The van der Waals surface area contributed by atoms with Crippen LogP contribution in [0.3, 0.4) is 0 Å². The summed E-state index contributed by atoms with van der Waals surface area (Å²) in [6.45, 7) is 0. The van der Waals surface area contributed by atoms with Crippen molar-refractivity contribution in [1.82, 2.24) is 5.27 Å². The molecule has 3 N–H and O–H groups in total. The zero-order chi connectivity index (χ0) is 16.2. The van der Waals surface area contributed by atoms with E-state index in [1.807, 2.05) is 30.4 Å². The second-order valence-electron chi connectivity index (χ2n) is 5.09. The molecular weight excluding hydrogens is 314 g/mol. The average Bonchev–Trinajstić information content (AvgIpc) is 2.96. The van der Waals surface area contributed by atoms with Crippen LogP contribution in [0.4, 0.5) is 0 Å². The van der Waals surface area contributed by atoms with Gasteiger partial charge in [-0.05, 0) is 33.8 Å². The molecule has 1 aromatic heterocycles.